The van der Waals surface area contributed by atoms with Crippen molar-refractivity contribution in [2.75, 3.05) is 0 Å². The second-order valence-corrected chi connectivity index (χ2v) is 7.38. The van der Waals surface area contributed by atoms with Crippen LogP contribution < -0.4 is 61.2 Å². The molecule has 5 nitrogen and oxygen atoms in total. The third-order valence-corrected chi connectivity index (χ3v) is 4.83. The van der Waals surface area contributed by atoms with E-state index in [4.69, 9.17) is 9.29 Å². The number of para-hydroxylation sites is 1. The van der Waals surface area contributed by atoms with Crippen LogP contribution in [0.1, 0.15) is 44.6 Å². The Morgan fingerprint density at radius 1 is 1.00 bits per heavy atom. The van der Waals surface area contributed by atoms with E-state index in [2.05, 4.69) is 6.92 Å². The average molecular weight is 403 g/mol. The monoisotopic (exact) mass is 402 g/mol. The van der Waals surface area contributed by atoms with Crippen molar-refractivity contribution >= 4 is 10.1 Å². The fourth-order valence-electron chi connectivity index (χ4n) is 2.56. The van der Waals surface area contributed by atoms with Gasteiger partial charge < -0.3 is 9.84 Å². The second-order valence-electron chi connectivity index (χ2n) is 5.96. The van der Waals surface area contributed by atoms with Gasteiger partial charge in [0.2, 0.25) is 0 Å². The molecule has 2 aromatic carbocycles. The summed E-state index contributed by atoms with van der Waals surface area (Å²) in [5, 5.41) is 12.5. The summed E-state index contributed by atoms with van der Waals surface area (Å²) in [5.74, 6) is 0.409. The van der Waals surface area contributed by atoms with E-state index in [9.17, 15) is 13.5 Å². The summed E-state index contributed by atoms with van der Waals surface area (Å²) in [5.41, 5.74) is 0.726. The van der Waals surface area contributed by atoms with Crippen LogP contribution in [-0.4, -0.2) is 13.0 Å². The van der Waals surface area contributed by atoms with Crippen molar-refractivity contribution in [1.82, 2.24) is 0 Å². The fraction of sp³-hybridized carbons (Fsp3) is 0.368. The molecule has 0 aliphatic rings. The van der Waals surface area contributed by atoms with E-state index >= 15 is 0 Å². The summed E-state index contributed by atoms with van der Waals surface area (Å²) in [6, 6.07) is 10.5. The molecule has 136 valence electrons. The molecule has 0 bridgehead atoms. The van der Waals surface area contributed by atoms with Gasteiger partial charge in [-0.1, -0.05) is 56.1 Å². The topological polar surface area (TPSA) is 86.7 Å². The molecule has 0 spiro atoms. The summed E-state index contributed by atoms with van der Waals surface area (Å²) in [4.78, 5) is -0.219. The zero-order valence-corrected chi connectivity index (χ0v) is 19.2. The summed E-state index contributed by atoms with van der Waals surface area (Å²) in [7, 11) is -4.24. The Labute approximate surface area is 198 Å². The standard InChI is InChI=1S/C19H24O5S.K/c1-2-3-4-5-6-8-15-9-7-10-18(19(15)20)24-16-11-13-17(14-12-16)25(21,22)23;/h7,9-14,20H,2-6,8H2,1H3,(H,21,22,23);/q;+1/p-1. The molecular weight excluding hydrogens is 379 g/mol. The van der Waals surface area contributed by atoms with Gasteiger partial charge in [-0.25, -0.2) is 0 Å². The van der Waals surface area contributed by atoms with E-state index in [1.165, 1.54) is 43.5 Å². The first-order chi connectivity index (χ1) is 11.9. The van der Waals surface area contributed by atoms with Crippen LogP contribution in [0.3, 0.4) is 0 Å². The summed E-state index contributed by atoms with van der Waals surface area (Å²) in [6.45, 7) is 2.17. The zero-order chi connectivity index (χ0) is 18.3. The Morgan fingerprint density at radius 2 is 1.65 bits per heavy atom. The van der Waals surface area contributed by atoms with Gasteiger partial charge in [-0.3, -0.25) is 4.55 Å². The van der Waals surface area contributed by atoms with Crippen molar-refractivity contribution in [3.63, 3.8) is 0 Å². The minimum absolute atomic E-state index is 0. The molecule has 1 N–H and O–H groups in total. The molecule has 0 aliphatic carbocycles. The van der Waals surface area contributed by atoms with Crippen LogP contribution in [0.25, 0.3) is 0 Å². The Kier molecular flexibility index (Phi) is 10.4. The van der Waals surface area contributed by atoms with Crippen LogP contribution >= 0.6 is 0 Å². The largest absolute Gasteiger partial charge is 1.00 e. The average Bonchev–Trinajstić information content (AvgIpc) is 2.57. The van der Waals surface area contributed by atoms with Crippen LogP contribution in [0.4, 0.5) is 0 Å². The van der Waals surface area contributed by atoms with Gasteiger partial charge >= 0.3 is 51.4 Å². The summed E-state index contributed by atoms with van der Waals surface area (Å²) < 4.78 is 36.6. The minimum atomic E-state index is -4.24. The molecular formula is C19H23KO5S. The quantitative estimate of drug-likeness (QED) is 0.388. The zero-order valence-electron chi connectivity index (χ0n) is 15.3. The molecule has 0 amide bonds. The smallest absolute Gasteiger partial charge is 0.870 e. The van der Waals surface area contributed by atoms with Gasteiger partial charge in [-0.15, -0.1) is 0 Å². The third kappa shape index (κ3) is 7.30. The number of rotatable bonds is 9. The molecule has 0 atom stereocenters. The Balaban J connectivity index is 0.00000338. The number of hydrogen-bond acceptors (Lipinski definition) is 4. The van der Waals surface area contributed by atoms with Gasteiger partial charge in [-0.05, 0) is 43.2 Å². The third-order valence-electron chi connectivity index (χ3n) is 3.96. The Hall–Kier alpha value is -0.414. The number of unbranched alkanes of at least 4 members (excludes halogenated alkanes) is 4. The van der Waals surface area contributed by atoms with Gasteiger partial charge in [0.05, 0.1) is 4.90 Å². The van der Waals surface area contributed by atoms with E-state index in [1.54, 1.807) is 12.1 Å². The van der Waals surface area contributed by atoms with Crippen LogP contribution in [0, 0.1) is 0 Å². The first-order valence-corrected chi connectivity index (χ1v) is 9.90. The van der Waals surface area contributed by atoms with Gasteiger partial charge in [0.15, 0.2) is 0 Å². The molecule has 0 fully saturated rings. The SMILES string of the molecule is CCCCCCCc1cccc(Oc2ccc(S(=O)(=O)O)cc2)c1[O-].[K+]. The minimum Gasteiger partial charge on any atom is -0.870 e. The van der Waals surface area contributed by atoms with Gasteiger partial charge in [-0.2, -0.15) is 8.42 Å². The molecule has 0 aliphatic heterocycles. The molecule has 26 heavy (non-hydrogen) atoms. The van der Waals surface area contributed by atoms with Gasteiger partial charge in [0.25, 0.3) is 10.1 Å². The first-order valence-electron chi connectivity index (χ1n) is 8.46. The van der Waals surface area contributed by atoms with Crippen molar-refractivity contribution in [2.45, 2.75) is 50.3 Å². The van der Waals surface area contributed by atoms with Crippen LogP contribution in [0.15, 0.2) is 47.4 Å². The van der Waals surface area contributed by atoms with Crippen LogP contribution in [-0.2, 0) is 16.5 Å². The summed E-state index contributed by atoms with van der Waals surface area (Å²) in [6.07, 6.45) is 6.39. The first kappa shape index (κ1) is 23.6. The Bertz CT molecular complexity index is 788. The van der Waals surface area contributed by atoms with Crippen molar-refractivity contribution < 1.29 is 74.2 Å². The van der Waals surface area contributed by atoms with Crippen LogP contribution in [0.2, 0.25) is 0 Å². The van der Waals surface area contributed by atoms with E-state index in [0.29, 0.717) is 5.75 Å². The summed E-state index contributed by atoms with van der Waals surface area (Å²) >= 11 is 0. The van der Waals surface area contributed by atoms with Gasteiger partial charge in [0.1, 0.15) is 11.5 Å². The molecule has 0 aromatic heterocycles. The van der Waals surface area contributed by atoms with Crippen molar-refractivity contribution in [2.24, 2.45) is 0 Å². The number of benzene rings is 2. The number of aryl methyl sites for hydroxylation is 1. The van der Waals surface area contributed by atoms with E-state index < -0.39 is 10.1 Å². The van der Waals surface area contributed by atoms with Crippen LogP contribution in [0.5, 0.6) is 17.2 Å². The maximum Gasteiger partial charge on any atom is 1.00 e. The normalized spacial score (nSPS) is 11.0. The molecule has 0 radical (unpaired) electrons. The maximum atomic E-state index is 12.5. The number of ether oxygens (including phenoxy) is 1. The molecule has 0 saturated heterocycles. The fourth-order valence-corrected chi connectivity index (χ4v) is 3.04. The van der Waals surface area contributed by atoms with E-state index in [1.807, 2.05) is 6.07 Å². The van der Waals surface area contributed by atoms with E-state index in [-0.39, 0.29) is 67.8 Å². The predicted molar refractivity (Wildman–Crippen MR) is 94.7 cm³/mol. The molecule has 0 unspecified atom stereocenters. The molecule has 7 heteroatoms. The molecule has 2 aromatic rings. The molecule has 0 heterocycles. The van der Waals surface area contributed by atoms with E-state index in [0.717, 1.165) is 24.8 Å². The van der Waals surface area contributed by atoms with Crippen molar-refractivity contribution in [3.05, 3.63) is 48.0 Å². The van der Waals surface area contributed by atoms with Crippen molar-refractivity contribution in [3.8, 4) is 17.2 Å². The predicted octanol–water partition coefficient (Wildman–Crippen LogP) is 1.32. The second kappa shape index (κ2) is 11.4. The maximum absolute atomic E-state index is 12.5. The molecule has 0 saturated carbocycles. The number of hydrogen-bond donors (Lipinski definition) is 1. The molecule has 2 rings (SSSR count). The Morgan fingerprint density at radius 3 is 2.27 bits per heavy atom. The van der Waals surface area contributed by atoms with Crippen molar-refractivity contribution in [1.29, 1.82) is 0 Å². The van der Waals surface area contributed by atoms with Gasteiger partial charge in [0, 0.05) is 0 Å².